The Bertz CT molecular complexity index is 544. The van der Waals surface area contributed by atoms with Gasteiger partial charge in [-0.2, -0.15) is 0 Å². The third-order valence-electron chi connectivity index (χ3n) is 4.35. The number of hydrogen-bond donors (Lipinski definition) is 1. The highest BCUT2D eigenvalue weighted by molar-refractivity contribution is 5.81. The first-order valence-corrected chi connectivity index (χ1v) is 7.44. The fraction of sp³-hybridized carbons (Fsp3) is 0.471. The molecule has 0 radical (unpaired) electrons. The molecular weight excluding hydrogens is 232 g/mol. The van der Waals surface area contributed by atoms with Gasteiger partial charge >= 0.3 is 0 Å². The Labute approximate surface area is 115 Å². The minimum Gasteiger partial charge on any atom is -0.314 e. The quantitative estimate of drug-likeness (QED) is 0.902. The molecule has 1 heterocycles. The molecular formula is C17H22N2. The number of rotatable bonds is 4. The van der Waals surface area contributed by atoms with Crippen molar-refractivity contribution in [3.05, 3.63) is 42.1 Å². The Morgan fingerprint density at radius 2 is 2.11 bits per heavy atom. The second-order valence-electron chi connectivity index (χ2n) is 5.55. The molecule has 1 aliphatic carbocycles. The average Bonchev–Trinajstić information content (AvgIpc) is 2.87. The lowest BCUT2D eigenvalue weighted by Gasteiger charge is -2.21. The van der Waals surface area contributed by atoms with Gasteiger partial charge in [0, 0.05) is 17.6 Å². The van der Waals surface area contributed by atoms with Gasteiger partial charge in [0.25, 0.3) is 0 Å². The van der Waals surface area contributed by atoms with Crippen LogP contribution in [0.15, 0.2) is 36.5 Å². The Hall–Kier alpha value is -1.41. The van der Waals surface area contributed by atoms with Gasteiger partial charge < -0.3 is 5.32 Å². The van der Waals surface area contributed by atoms with Crippen LogP contribution in [-0.4, -0.2) is 17.6 Å². The van der Waals surface area contributed by atoms with Crippen LogP contribution in [0.3, 0.4) is 0 Å². The molecule has 2 nitrogen and oxygen atoms in total. The molecule has 19 heavy (non-hydrogen) atoms. The van der Waals surface area contributed by atoms with Gasteiger partial charge in [-0.1, -0.05) is 31.5 Å². The third-order valence-corrected chi connectivity index (χ3v) is 4.35. The molecule has 1 N–H and O–H groups in total. The Balaban J connectivity index is 1.85. The van der Waals surface area contributed by atoms with Crippen LogP contribution >= 0.6 is 0 Å². The molecule has 0 amide bonds. The lowest BCUT2D eigenvalue weighted by atomic mass is 9.93. The Morgan fingerprint density at radius 1 is 1.21 bits per heavy atom. The van der Waals surface area contributed by atoms with Crippen LogP contribution in [-0.2, 0) is 6.42 Å². The molecule has 0 saturated heterocycles. The Morgan fingerprint density at radius 3 is 3.00 bits per heavy atom. The summed E-state index contributed by atoms with van der Waals surface area (Å²) in [5.41, 5.74) is 2.58. The van der Waals surface area contributed by atoms with E-state index in [4.69, 9.17) is 0 Å². The van der Waals surface area contributed by atoms with Crippen molar-refractivity contribution in [2.24, 2.45) is 5.92 Å². The fourth-order valence-electron chi connectivity index (χ4n) is 3.43. The van der Waals surface area contributed by atoms with E-state index in [0.717, 1.165) is 18.0 Å². The number of hydrogen-bond acceptors (Lipinski definition) is 2. The van der Waals surface area contributed by atoms with Crippen LogP contribution in [0.25, 0.3) is 10.9 Å². The van der Waals surface area contributed by atoms with E-state index in [9.17, 15) is 0 Å². The van der Waals surface area contributed by atoms with Crippen molar-refractivity contribution in [1.82, 2.24) is 10.3 Å². The zero-order valence-corrected chi connectivity index (χ0v) is 11.6. The molecule has 1 aromatic heterocycles. The topological polar surface area (TPSA) is 24.9 Å². The van der Waals surface area contributed by atoms with Crippen LogP contribution < -0.4 is 5.32 Å². The minimum atomic E-state index is 0.705. The molecule has 2 atom stereocenters. The smallest absolute Gasteiger partial charge is 0.0704 e. The lowest BCUT2D eigenvalue weighted by molar-refractivity contribution is 0.407. The third kappa shape index (κ3) is 2.64. The molecule has 1 fully saturated rings. The first-order valence-electron chi connectivity index (χ1n) is 7.44. The summed E-state index contributed by atoms with van der Waals surface area (Å²) in [4.78, 5) is 4.46. The summed E-state index contributed by atoms with van der Waals surface area (Å²) in [6.07, 6.45) is 7.19. The van der Waals surface area contributed by atoms with Crippen LogP contribution in [0, 0.1) is 5.92 Å². The second kappa shape index (κ2) is 5.70. The summed E-state index contributed by atoms with van der Waals surface area (Å²) in [5, 5.41) is 4.97. The van der Waals surface area contributed by atoms with Gasteiger partial charge in [-0.05, 0) is 49.4 Å². The van der Waals surface area contributed by atoms with E-state index in [1.54, 1.807) is 0 Å². The van der Waals surface area contributed by atoms with E-state index < -0.39 is 0 Å². The van der Waals surface area contributed by atoms with Crippen molar-refractivity contribution in [3.8, 4) is 0 Å². The highest BCUT2D eigenvalue weighted by Gasteiger charge is 2.26. The van der Waals surface area contributed by atoms with Crippen molar-refractivity contribution >= 4 is 10.9 Å². The van der Waals surface area contributed by atoms with Crippen LogP contribution in [0.1, 0.15) is 31.7 Å². The lowest BCUT2D eigenvalue weighted by Crippen LogP contribution is -2.33. The van der Waals surface area contributed by atoms with E-state index in [1.165, 1.54) is 36.6 Å². The normalized spacial score (nSPS) is 23.0. The maximum absolute atomic E-state index is 4.46. The number of para-hydroxylation sites is 1. The van der Waals surface area contributed by atoms with E-state index in [0.29, 0.717) is 6.04 Å². The molecule has 1 aromatic carbocycles. The number of pyridine rings is 1. The number of nitrogens with one attached hydrogen (secondary N) is 1. The van der Waals surface area contributed by atoms with Gasteiger partial charge in [-0.3, -0.25) is 4.98 Å². The van der Waals surface area contributed by atoms with Gasteiger partial charge in [-0.25, -0.2) is 0 Å². The Kier molecular flexibility index (Phi) is 3.79. The predicted molar refractivity (Wildman–Crippen MR) is 80.3 cm³/mol. The summed E-state index contributed by atoms with van der Waals surface area (Å²) in [7, 11) is 0. The second-order valence-corrected chi connectivity index (χ2v) is 5.55. The number of aromatic nitrogens is 1. The first kappa shape index (κ1) is 12.6. The monoisotopic (exact) mass is 254 g/mol. The van der Waals surface area contributed by atoms with Gasteiger partial charge in [0.05, 0.1) is 5.52 Å². The molecule has 0 aliphatic heterocycles. The molecule has 1 aliphatic rings. The maximum Gasteiger partial charge on any atom is 0.0704 e. The summed E-state index contributed by atoms with van der Waals surface area (Å²) in [5.74, 6) is 0.783. The van der Waals surface area contributed by atoms with Crippen molar-refractivity contribution < 1.29 is 0 Å². The van der Waals surface area contributed by atoms with E-state index in [2.05, 4.69) is 47.6 Å². The van der Waals surface area contributed by atoms with Crippen LogP contribution in [0.5, 0.6) is 0 Å². The number of fused-ring (bicyclic) bond motifs is 1. The van der Waals surface area contributed by atoms with Gasteiger partial charge in [0.2, 0.25) is 0 Å². The molecule has 0 bridgehead atoms. The highest BCUT2D eigenvalue weighted by Crippen LogP contribution is 2.30. The summed E-state index contributed by atoms with van der Waals surface area (Å²) in [6, 6.07) is 11.4. The molecule has 100 valence electrons. The molecule has 1 saturated carbocycles. The molecule has 2 aromatic rings. The standard InChI is InChI=1S/C17H22N2/c1-2-18-16-9-5-6-14(16)12-13-10-11-19-17-8-4-3-7-15(13)17/h3-4,7-8,10-11,14,16,18H,2,5-6,9,12H2,1H3. The highest BCUT2D eigenvalue weighted by atomic mass is 14.9. The largest absolute Gasteiger partial charge is 0.314 e. The zero-order valence-electron chi connectivity index (χ0n) is 11.6. The van der Waals surface area contributed by atoms with Gasteiger partial charge in [-0.15, -0.1) is 0 Å². The van der Waals surface area contributed by atoms with Crippen molar-refractivity contribution in [1.29, 1.82) is 0 Å². The van der Waals surface area contributed by atoms with Gasteiger partial charge in [0.15, 0.2) is 0 Å². The van der Waals surface area contributed by atoms with Gasteiger partial charge in [0.1, 0.15) is 0 Å². The van der Waals surface area contributed by atoms with E-state index in [1.807, 2.05) is 6.20 Å². The van der Waals surface area contributed by atoms with E-state index in [-0.39, 0.29) is 0 Å². The summed E-state index contributed by atoms with van der Waals surface area (Å²) in [6.45, 7) is 3.29. The zero-order chi connectivity index (χ0) is 13.1. The predicted octanol–water partition coefficient (Wildman–Crippen LogP) is 3.56. The molecule has 2 unspecified atom stereocenters. The average molecular weight is 254 g/mol. The number of nitrogens with zero attached hydrogens (tertiary/aromatic N) is 1. The van der Waals surface area contributed by atoms with Crippen LogP contribution in [0.2, 0.25) is 0 Å². The first-order chi connectivity index (χ1) is 9.38. The molecule has 2 heteroatoms. The van der Waals surface area contributed by atoms with E-state index >= 15 is 0 Å². The summed E-state index contributed by atoms with van der Waals surface area (Å²) >= 11 is 0. The summed E-state index contributed by atoms with van der Waals surface area (Å²) < 4.78 is 0. The van der Waals surface area contributed by atoms with Crippen molar-refractivity contribution in [2.75, 3.05) is 6.54 Å². The SMILES string of the molecule is CCNC1CCCC1Cc1ccnc2ccccc12. The fourth-order valence-corrected chi connectivity index (χ4v) is 3.43. The van der Waals surface area contributed by atoms with Crippen molar-refractivity contribution in [2.45, 2.75) is 38.6 Å². The minimum absolute atomic E-state index is 0.705. The molecule has 3 rings (SSSR count). The maximum atomic E-state index is 4.46. The van der Waals surface area contributed by atoms with Crippen LogP contribution in [0.4, 0.5) is 0 Å². The molecule has 0 spiro atoms. The number of benzene rings is 1. The van der Waals surface area contributed by atoms with Crippen molar-refractivity contribution in [3.63, 3.8) is 0 Å².